The Morgan fingerprint density at radius 3 is 2.50 bits per heavy atom. The average molecular weight is 262 g/mol. The smallest absolute Gasteiger partial charge is 0.321 e. The van der Waals surface area contributed by atoms with E-state index >= 15 is 0 Å². The SMILES string of the molecule is CN(C)[C@@H](Cc1ccc(Cl)cc1Cl)C(=O)O. The Hall–Kier alpha value is -0.770. The molecule has 0 aromatic heterocycles. The molecule has 0 saturated heterocycles. The Morgan fingerprint density at radius 2 is 2.06 bits per heavy atom. The zero-order valence-corrected chi connectivity index (χ0v) is 10.6. The van der Waals surface area contributed by atoms with Gasteiger partial charge in [-0.15, -0.1) is 0 Å². The van der Waals surface area contributed by atoms with Crippen LogP contribution in [0.1, 0.15) is 5.56 Å². The van der Waals surface area contributed by atoms with E-state index < -0.39 is 12.0 Å². The van der Waals surface area contributed by atoms with Crippen LogP contribution in [0.4, 0.5) is 0 Å². The highest BCUT2D eigenvalue weighted by Gasteiger charge is 2.21. The van der Waals surface area contributed by atoms with E-state index in [1.54, 1.807) is 37.2 Å². The Bertz CT molecular complexity index is 394. The zero-order valence-electron chi connectivity index (χ0n) is 9.08. The maximum atomic E-state index is 11.0. The molecule has 1 N–H and O–H groups in total. The Balaban J connectivity index is 2.90. The second-order valence-electron chi connectivity index (χ2n) is 3.76. The Morgan fingerprint density at radius 1 is 1.44 bits per heavy atom. The van der Waals surface area contributed by atoms with Crippen molar-refractivity contribution in [3.8, 4) is 0 Å². The van der Waals surface area contributed by atoms with Crippen LogP contribution in [0, 0.1) is 0 Å². The maximum Gasteiger partial charge on any atom is 0.321 e. The van der Waals surface area contributed by atoms with Crippen molar-refractivity contribution >= 4 is 29.2 Å². The van der Waals surface area contributed by atoms with E-state index in [1.807, 2.05) is 0 Å². The van der Waals surface area contributed by atoms with Gasteiger partial charge < -0.3 is 5.11 Å². The number of likely N-dealkylation sites (N-methyl/N-ethyl adjacent to an activating group) is 1. The van der Waals surface area contributed by atoms with Gasteiger partial charge in [-0.2, -0.15) is 0 Å². The minimum atomic E-state index is -0.865. The summed E-state index contributed by atoms with van der Waals surface area (Å²) < 4.78 is 0. The number of aliphatic carboxylic acids is 1. The van der Waals surface area contributed by atoms with Gasteiger partial charge in [0.05, 0.1) is 0 Å². The van der Waals surface area contributed by atoms with Crippen LogP contribution < -0.4 is 0 Å². The molecule has 0 aliphatic heterocycles. The topological polar surface area (TPSA) is 40.5 Å². The number of hydrogen-bond donors (Lipinski definition) is 1. The molecular weight excluding hydrogens is 249 g/mol. The number of halogens is 2. The molecule has 0 unspecified atom stereocenters. The van der Waals surface area contributed by atoms with Crippen molar-refractivity contribution in [2.75, 3.05) is 14.1 Å². The number of rotatable bonds is 4. The quantitative estimate of drug-likeness (QED) is 0.906. The molecule has 1 rings (SSSR count). The molecule has 0 saturated carbocycles. The second kappa shape index (κ2) is 5.53. The first kappa shape index (κ1) is 13.3. The van der Waals surface area contributed by atoms with Crippen molar-refractivity contribution in [1.29, 1.82) is 0 Å². The molecule has 0 aliphatic rings. The zero-order chi connectivity index (χ0) is 12.3. The van der Waals surface area contributed by atoms with Crippen LogP contribution in [0.25, 0.3) is 0 Å². The summed E-state index contributed by atoms with van der Waals surface area (Å²) in [5.41, 5.74) is 0.784. The maximum absolute atomic E-state index is 11.0. The molecule has 0 radical (unpaired) electrons. The first-order chi connectivity index (χ1) is 7.41. The lowest BCUT2D eigenvalue weighted by Crippen LogP contribution is -2.37. The summed E-state index contributed by atoms with van der Waals surface area (Å²) >= 11 is 11.8. The summed E-state index contributed by atoms with van der Waals surface area (Å²) in [5, 5.41) is 10.1. The van der Waals surface area contributed by atoms with Gasteiger partial charge in [0.2, 0.25) is 0 Å². The van der Waals surface area contributed by atoms with Crippen molar-refractivity contribution < 1.29 is 9.90 Å². The second-order valence-corrected chi connectivity index (χ2v) is 4.60. The molecule has 0 amide bonds. The average Bonchev–Trinajstić information content (AvgIpc) is 2.15. The molecule has 3 nitrogen and oxygen atoms in total. The summed E-state index contributed by atoms with van der Waals surface area (Å²) in [6.45, 7) is 0. The molecule has 1 aromatic rings. The van der Waals surface area contributed by atoms with Gasteiger partial charge in [0.25, 0.3) is 0 Å². The number of carboxylic acids is 1. The van der Waals surface area contributed by atoms with Crippen LogP contribution in [-0.4, -0.2) is 36.1 Å². The number of benzene rings is 1. The predicted octanol–water partition coefficient (Wildman–Crippen LogP) is 2.55. The largest absolute Gasteiger partial charge is 0.480 e. The van der Waals surface area contributed by atoms with E-state index in [-0.39, 0.29) is 0 Å². The van der Waals surface area contributed by atoms with Crippen LogP contribution >= 0.6 is 23.2 Å². The lowest BCUT2D eigenvalue weighted by Gasteiger charge is -2.20. The molecule has 0 heterocycles. The van der Waals surface area contributed by atoms with Crippen LogP contribution in [0.5, 0.6) is 0 Å². The Labute approximate surface area is 105 Å². The molecule has 88 valence electrons. The number of carbonyl (C=O) groups is 1. The van der Waals surface area contributed by atoms with Gasteiger partial charge in [-0.25, -0.2) is 0 Å². The standard InChI is InChI=1S/C11H13Cl2NO2/c1-14(2)10(11(15)16)5-7-3-4-8(12)6-9(7)13/h3-4,6,10H,5H2,1-2H3,(H,15,16)/t10-/m0/s1. The molecule has 5 heteroatoms. The first-order valence-corrected chi connectivity index (χ1v) is 5.50. The van der Waals surface area contributed by atoms with Gasteiger partial charge in [-0.1, -0.05) is 29.3 Å². The van der Waals surface area contributed by atoms with Crippen LogP contribution in [0.15, 0.2) is 18.2 Å². The highest BCUT2D eigenvalue weighted by Crippen LogP contribution is 2.22. The van der Waals surface area contributed by atoms with Crippen molar-refractivity contribution in [3.05, 3.63) is 33.8 Å². The fourth-order valence-electron chi connectivity index (χ4n) is 1.39. The van der Waals surface area contributed by atoms with Crippen molar-refractivity contribution in [2.24, 2.45) is 0 Å². The first-order valence-electron chi connectivity index (χ1n) is 4.75. The summed E-state index contributed by atoms with van der Waals surface area (Å²) in [4.78, 5) is 12.7. The predicted molar refractivity (Wildman–Crippen MR) is 65.3 cm³/mol. The molecule has 0 spiro atoms. The number of hydrogen-bond acceptors (Lipinski definition) is 2. The summed E-state index contributed by atoms with van der Waals surface area (Å²) in [6, 6.07) is 4.49. The van der Waals surface area contributed by atoms with E-state index in [9.17, 15) is 4.79 Å². The number of carboxylic acid groups (broad SMARTS) is 1. The lowest BCUT2D eigenvalue weighted by atomic mass is 10.1. The third-order valence-corrected chi connectivity index (χ3v) is 2.92. The van der Waals surface area contributed by atoms with Crippen molar-refractivity contribution in [1.82, 2.24) is 4.90 Å². The monoisotopic (exact) mass is 261 g/mol. The minimum Gasteiger partial charge on any atom is -0.480 e. The van der Waals surface area contributed by atoms with E-state index in [0.717, 1.165) is 5.56 Å². The number of nitrogens with zero attached hydrogens (tertiary/aromatic N) is 1. The van der Waals surface area contributed by atoms with Gasteiger partial charge in [0.1, 0.15) is 6.04 Å². The normalized spacial score (nSPS) is 12.8. The third-order valence-electron chi connectivity index (χ3n) is 2.34. The van der Waals surface area contributed by atoms with Crippen molar-refractivity contribution in [2.45, 2.75) is 12.5 Å². The van der Waals surface area contributed by atoms with E-state index in [2.05, 4.69) is 0 Å². The van der Waals surface area contributed by atoms with Gasteiger partial charge >= 0.3 is 5.97 Å². The van der Waals surface area contributed by atoms with Gasteiger partial charge in [-0.3, -0.25) is 9.69 Å². The van der Waals surface area contributed by atoms with E-state index in [0.29, 0.717) is 16.5 Å². The van der Waals surface area contributed by atoms with Gasteiger partial charge in [0.15, 0.2) is 0 Å². The van der Waals surface area contributed by atoms with Gasteiger partial charge in [0, 0.05) is 16.5 Å². The minimum absolute atomic E-state index is 0.359. The highest BCUT2D eigenvalue weighted by atomic mass is 35.5. The van der Waals surface area contributed by atoms with E-state index in [1.165, 1.54) is 0 Å². The molecular formula is C11H13Cl2NO2. The lowest BCUT2D eigenvalue weighted by molar-refractivity contribution is -0.142. The Kier molecular flexibility index (Phi) is 4.59. The van der Waals surface area contributed by atoms with E-state index in [4.69, 9.17) is 28.3 Å². The molecule has 1 aromatic carbocycles. The molecule has 0 aliphatic carbocycles. The van der Waals surface area contributed by atoms with Crippen LogP contribution in [0.2, 0.25) is 10.0 Å². The van der Waals surface area contributed by atoms with Crippen molar-refractivity contribution in [3.63, 3.8) is 0 Å². The fourth-order valence-corrected chi connectivity index (χ4v) is 1.87. The van der Waals surface area contributed by atoms with Crippen LogP contribution in [0.3, 0.4) is 0 Å². The third kappa shape index (κ3) is 3.37. The molecule has 16 heavy (non-hydrogen) atoms. The molecule has 0 fully saturated rings. The van der Waals surface area contributed by atoms with Crippen LogP contribution in [-0.2, 0) is 11.2 Å². The summed E-state index contributed by atoms with van der Waals surface area (Å²) in [7, 11) is 3.45. The fraction of sp³-hybridized carbons (Fsp3) is 0.364. The highest BCUT2D eigenvalue weighted by molar-refractivity contribution is 6.35. The summed E-state index contributed by atoms with van der Waals surface area (Å²) in [5.74, 6) is -0.865. The summed E-state index contributed by atoms with van der Waals surface area (Å²) in [6.07, 6.45) is 0.359. The molecule has 1 atom stereocenters. The van der Waals surface area contributed by atoms with Gasteiger partial charge in [-0.05, 0) is 31.8 Å². The molecule has 0 bridgehead atoms.